The summed E-state index contributed by atoms with van der Waals surface area (Å²) in [5, 5.41) is 2.72. The Kier molecular flexibility index (Phi) is 6.64. The van der Waals surface area contributed by atoms with Crippen molar-refractivity contribution in [2.45, 2.75) is 19.4 Å². The molecule has 130 valence electrons. The zero-order valence-electron chi connectivity index (χ0n) is 13.7. The van der Waals surface area contributed by atoms with Crippen molar-refractivity contribution in [3.05, 3.63) is 17.7 Å². The third-order valence-electron chi connectivity index (χ3n) is 2.92. The van der Waals surface area contributed by atoms with Crippen LogP contribution in [0.2, 0.25) is 0 Å². The van der Waals surface area contributed by atoms with Crippen molar-refractivity contribution < 1.29 is 22.7 Å². The van der Waals surface area contributed by atoms with Crippen LogP contribution in [0.15, 0.2) is 12.1 Å². The number of nitrogens with one attached hydrogen (secondary N) is 2. The lowest BCUT2D eigenvalue weighted by atomic mass is 10.1. The summed E-state index contributed by atoms with van der Waals surface area (Å²) in [5.74, 6) is 0.0895. The number of hydrogen-bond donors (Lipinski definition) is 3. The maximum absolute atomic E-state index is 12.2. The number of nitrogens with two attached hydrogens (primary N) is 1. The van der Waals surface area contributed by atoms with Crippen LogP contribution in [0.5, 0.6) is 11.5 Å². The van der Waals surface area contributed by atoms with Gasteiger partial charge in [-0.3, -0.25) is 9.52 Å². The van der Waals surface area contributed by atoms with Gasteiger partial charge in [0.1, 0.15) is 0 Å². The van der Waals surface area contributed by atoms with Gasteiger partial charge in [0.2, 0.25) is 10.0 Å². The first-order valence-electron chi connectivity index (χ1n) is 6.95. The second-order valence-electron chi connectivity index (χ2n) is 5.16. The fourth-order valence-electron chi connectivity index (χ4n) is 1.89. The normalized spacial score (nSPS) is 12.4. The first-order valence-corrected chi connectivity index (χ1v) is 8.84. The van der Waals surface area contributed by atoms with Crippen LogP contribution in [0, 0.1) is 0 Å². The fourth-order valence-corrected chi connectivity index (χ4v) is 2.44. The third kappa shape index (κ3) is 5.95. The molecule has 0 radical (unpaired) electrons. The standard InChI is InChI=1S/C14H23N3O5S/c1-9(15)5-6-16-14(18)10-7-11(17-23(4,19)20)13(22-3)12(8-10)21-2/h7-9,17H,5-6,15H2,1-4H3,(H,16,18). The molecule has 1 aromatic carbocycles. The van der Waals surface area contributed by atoms with Gasteiger partial charge in [-0.05, 0) is 25.5 Å². The van der Waals surface area contributed by atoms with E-state index in [9.17, 15) is 13.2 Å². The molecule has 0 spiro atoms. The summed E-state index contributed by atoms with van der Waals surface area (Å²) in [4.78, 5) is 12.2. The van der Waals surface area contributed by atoms with Crippen LogP contribution >= 0.6 is 0 Å². The Morgan fingerprint density at radius 2 is 1.96 bits per heavy atom. The number of ether oxygens (including phenoxy) is 2. The average molecular weight is 345 g/mol. The first-order chi connectivity index (χ1) is 10.7. The summed E-state index contributed by atoms with van der Waals surface area (Å²) < 4.78 is 35.6. The minimum Gasteiger partial charge on any atom is -0.493 e. The van der Waals surface area contributed by atoms with Crippen molar-refractivity contribution >= 4 is 21.6 Å². The molecule has 1 unspecified atom stereocenters. The van der Waals surface area contributed by atoms with E-state index in [-0.39, 0.29) is 34.7 Å². The summed E-state index contributed by atoms with van der Waals surface area (Å²) in [6.07, 6.45) is 1.64. The second-order valence-corrected chi connectivity index (χ2v) is 6.90. The molecule has 1 rings (SSSR count). The van der Waals surface area contributed by atoms with Crippen molar-refractivity contribution in [3.63, 3.8) is 0 Å². The van der Waals surface area contributed by atoms with E-state index in [0.717, 1.165) is 6.26 Å². The van der Waals surface area contributed by atoms with E-state index in [1.165, 1.54) is 26.4 Å². The Hall–Kier alpha value is -2.00. The van der Waals surface area contributed by atoms with Crippen LogP contribution in [-0.4, -0.2) is 47.4 Å². The van der Waals surface area contributed by atoms with Gasteiger partial charge in [-0.15, -0.1) is 0 Å². The zero-order valence-corrected chi connectivity index (χ0v) is 14.5. The molecular formula is C14H23N3O5S. The van der Waals surface area contributed by atoms with Crippen molar-refractivity contribution in [3.8, 4) is 11.5 Å². The Morgan fingerprint density at radius 1 is 1.30 bits per heavy atom. The van der Waals surface area contributed by atoms with Gasteiger partial charge in [0, 0.05) is 18.2 Å². The number of anilines is 1. The number of hydrogen-bond acceptors (Lipinski definition) is 6. The minimum absolute atomic E-state index is 0.0248. The fraction of sp³-hybridized carbons (Fsp3) is 0.500. The van der Waals surface area contributed by atoms with Crippen LogP contribution in [0.4, 0.5) is 5.69 Å². The second kappa shape index (κ2) is 8.02. The van der Waals surface area contributed by atoms with Gasteiger partial charge in [0.25, 0.3) is 5.91 Å². The molecule has 1 amide bonds. The highest BCUT2D eigenvalue weighted by atomic mass is 32.2. The topological polar surface area (TPSA) is 120 Å². The molecule has 0 aromatic heterocycles. The third-order valence-corrected chi connectivity index (χ3v) is 3.51. The predicted molar refractivity (Wildman–Crippen MR) is 88.6 cm³/mol. The molecule has 0 aliphatic carbocycles. The van der Waals surface area contributed by atoms with Crippen LogP contribution < -0.4 is 25.2 Å². The van der Waals surface area contributed by atoms with Crippen molar-refractivity contribution in [2.24, 2.45) is 5.73 Å². The van der Waals surface area contributed by atoms with Gasteiger partial charge in [-0.2, -0.15) is 0 Å². The van der Waals surface area contributed by atoms with E-state index in [0.29, 0.717) is 13.0 Å². The van der Waals surface area contributed by atoms with E-state index >= 15 is 0 Å². The van der Waals surface area contributed by atoms with E-state index in [4.69, 9.17) is 15.2 Å². The summed E-state index contributed by atoms with van der Waals surface area (Å²) in [7, 11) is -0.754. The van der Waals surface area contributed by atoms with E-state index in [1.807, 2.05) is 6.92 Å². The molecule has 0 heterocycles. The van der Waals surface area contributed by atoms with Gasteiger partial charge >= 0.3 is 0 Å². The summed E-state index contributed by atoms with van der Waals surface area (Å²) >= 11 is 0. The highest BCUT2D eigenvalue weighted by Gasteiger charge is 2.18. The molecule has 0 fully saturated rings. The molecular weight excluding hydrogens is 322 g/mol. The van der Waals surface area contributed by atoms with Crippen LogP contribution in [0.25, 0.3) is 0 Å². The van der Waals surface area contributed by atoms with E-state index < -0.39 is 10.0 Å². The lowest BCUT2D eigenvalue weighted by Gasteiger charge is -2.15. The molecule has 0 saturated carbocycles. The SMILES string of the molecule is COc1cc(C(=O)NCCC(C)N)cc(NS(C)(=O)=O)c1OC. The number of methoxy groups -OCH3 is 2. The molecule has 23 heavy (non-hydrogen) atoms. The summed E-state index contributed by atoms with van der Waals surface area (Å²) in [6, 6.07) is 2.85. The molecule has 8 nitrogen and oxygen atoms in total. The van der Waals surface area contributed by atoms with Crippen LogP contribution in [-0.2, 0) is 10.0 Å². The molecule has 0 aliphatic rings. The number of benzene rings is 1. The van der Waals surface area contributed by atoms with Crippen LogP contribution in [0.1, 0.15) is 23.7 Å². The predicted octanol–water partition coefficient (Wildman–Crippen LogP) is 0.542. The molecule has 9 heteroatoms. The Morgan fingerprint density at radius 3 is 2.43 bits per heavy atom. The first kappa shape index (κ1) is 19.0. The Labute approximate surface area is 136 Å². The maximum Gasteiger partial charge on any atom is 0.251 e. The minimum atomic E-state index is -3.54. The van der Waals surface area contributed by atoms with Gasteiger partial charge < -0.3 is 20.5 Å². The number of carbonyl (C=O) groups excluding carboxylic acids is 1. The molecule has 1 atom stereocenters. The smallest absolute Gasteiger partial charge is 0.251 e. The van der Waals surface area contributed by atoms with Gasteiger partial charge in [0.05, 0.1) is 26.2 Å². The quantitative estimate of drug-likeness (QED) is 0.633. The van der Waals surface area contributed by atoms with Crippen molar-refractivity contribution in [2.75, 3.05) is 31.7 Å². The lowest BCUT2D eigenvalue weighted by Crippen LogP contribution is -2.29. The van der Waals surface area contributed by atoms with Crippen molar-refractivity contribution in [1.29, 1.82) is 0 Å². The number of rotatable bonds is 8. The molecule has 0 saturated heterocycles. The highest BCUT2D eigenvalue weighted by Crippen LogP contribution is 2.37. The average Bonchev–Trinajstić information content (AvgIpc) is 2.44. The molecule has 4 N–H and O–H groups in total. The number of sulfonamides is 1. The molecule has 0 bridgehead atoms. The Balaban J connectivity index is 3.13. The van der Waals surface area contributed by atoms with Crippen molar-refractivity contribution in [1.82, 2.24) is 5.32 Å². The van der Waals surface area contributed by atoms with Gasteiger partial charge in [-0.25, -0.2) is 8.42 Å². The number of amides is 1. The van der Waals surface area contributed by atoms with Gasteiger partial charge in [-0.1, -0.05) is 0 Å². The lowest BCUT2D eigenvalue weighted by molar-refractivity contribution is 0.0952. The largest absolute Gasteiger partial charge is 0.493 e. The summed E-state index contributed by atoms with van der Waals surface area (Å²) in [5.41, 5.74) is 6.01. The summed E-state index contributed by atoms with van der Waals surface area (Å²) in [6.45, 7) is 2.26. The van der Waals surface area contributed by atoms with Gasteiger partial charge in [0.15, 0.2) is 11.5 Å². The Bertz CT molecular complexity index is 659. The highest BCUT2D eigenvalue weighted by molar-refractivity contribution is 7.92. The van der Waals surface area contributed by atoms with E-state index in [1.54, 1.807) is 0 Å². The molecule has 0 aliphatic heterocycles. The number of carbonyl (C=O) groups is 1. The van der Waals surface area contributed by atoms with Crippen LogP contribution in [0.3, 0.4) is 0 Å². The monoisotopic (exact) mass is 345 g/mol. The zero-order chi connectivity index (χ0) is 17.6. The maximum atomic E-state index is 12.2. The molecule has 1 aromatic rings. The van der Waals surface area contributed by atoms with E-state index in [2.05, 4.69) is 10.0 Å².